The first-order valence-electron chi connectivity index (χ1n) is 4.24. The zero-order valence-corrected chi connectivity index (χ0v) is 8.79. The molecule has 0 fully saturated rings. The number of carbonyl (C=O) groups is 1. The third kappa shape index (κ3) is 3.18. The highest BCUT2D eigenvalue weighted by atomic mass is 35.5. The second kappa shape index (κ2) is 5.09. The Balaban J connectivity index is 2.78. The van der Waals surface area contributed by atoms with E-state index in [1.807, 2.05) is 0 Å². The maximum absolute atomic E-state index is 12.8. The summed E-state index contributed by atoms with van der Waals surface area (Å²) in [7, 11) is 1.23. The number of rotatable bonds is 3. The molecule has 0 aliphatic rings. The molecule has 15 heavy (non-hydrogen) atoms. The molecule has 0 aliphatic carbocycles. The summed E-state index contributed by atoms with van der Waals surface area (Å²) >= 11 is 5.53. The van der Waals surface area contributed by atoms with Gasteiger partial charge >= 0.3 is 5.97 Å². The molecule has 1 rings (SSSR count). The molecule has 3 nitrogen and oxygen atoms in total. The van der Waals surface area contributed by atoms with E-state index < -0.39 is 17.9 Å². The molecule has 1 N–H and O–H groups in total. The molecule has 0 heterocycles. The Morgan fingerprint density at radius 3 is 2.87 bits per heavy atom. The molecular weight excluding hydrogens is 223 g/mol. The van der Waals surface area contributed by atoms with Crippen LogP contribution in [-0.4, -0.2) is 18.2 Å². The number of esters is 1. The summed E-state index contributed by atoms with van der Waals surface area (Å²) in [6, 6.07) is 3.79. The molecule has 0 saturated heterocycles. The molecular formula is C10H10ClFO3. The first-order chi connectivity index (χ1) is 7.04. The summed E-state index contributed by atoms with van der Waals surface area (Å²) in [5.41, 5.74) is 0.381. The van der Waals surface area contributed by atoms with Crippen LogP contribution >= 0.6 is 11.6 Å². The van der Waals surface area contributed by atoms with Crippen molar-refractivity contribution in [2.45, 2.75) is 12.5 Å². The standard InChI is InChI=1S/C10H10ClFO3/c1-15-10(14)5-9(13)6-2-3-8(12)7(11)4-6/h2-4,9,13H,5H2,1H3/t9-/m0/s1. The molecule has 0 aromatic heterocycles. The molecule has 0 amide bonds. The first-order valence-corrected chi connectivity index (χ1v) is 4.62. The van der Waals surface area contributed by atoms with Gasteiger partial charge in [0.25, 0.3) is 0 Å². The van der Waals surface area contributed by atoms with Crippen LogP contribution in [0.15, 0.2) is 18.2 Å². The highest BCUT2D eigenvalue weighted by molar-refractivity contribution is 6.30. The summed E-state index contributed by atoms with van der Waals surface area (Å²) in [4.78, 5) is 10.9. The van der Waals surface area contributed by atoms with Gasteiger partial charge < -0.3 is 9.84 Å². The lowest BCUT2D eigenvalue weighted by Gasteiger charge is -2.09. The van der Waals surface area contributed by atoms with Crippen LogP contribution in [0.4, 0.5) is 4.39 Å². The predicted molar refractivity (Wildman–Crippen MR) is 53.0 cm³/mol. The van der Waals surface area contributed by atoms with Crippen LogP contribution in [0, 0.1) is 5.82 Å². The average molecular weight is 233 g/mol. The van der Waals surface area contributed by atoms with Gasteiger partial charge in [-0.05, 0) is 17.7 Å². The van der Waals surface area contributed by atoms with Crippen LogP contribution in [0.2, 0.25) is 5.02 Å². The van der Waals surface area contributed by atoms with Gasteiger partial charge in [0.15, 0.2) is 0 Å². The van der Waals surface area contributed by atoms with Crippen molar-refractivity contribution in [1.29, 1.82) is 0 Å². The van der Waals surface area contributed by atoms with E-state index in [9.17, 15) is 14.3 Å². The number of aliphatic hydroxyl groups excluding tert-OH is 1. The summed E-state index contributed by atoms with van der Waals surface area (Å²) in [6.45, 7) is 0. The van der Waals surface area contributed by atoms with Crippen LogP contribution in [0.1, 0.15) is 18.1 Å². The van der Waals surface area contributed by atoms with E-state index in [4.69, 9.17) is 11.6 Å². The Kier molecular flexibility index (Phi) is 4.05. The Hall–Kier alpha value is -1.13. The van der Waals surface area contributed by atoms with Crippen LogP contribution < -0.4 is 0 Å². The van der Waals surface area contributed by atoms with E-state index in [-0.39, 0.29) is 11.4 Å². The van der Waals surface area contributed by atoms with Crippen LogP contribution in [-0.2, 0) is 9.53 Å². The molecule has 0 unspecified atom stereocenters. The van der Waals surface area contributed by atoms with Crippen molar-refractivity contribution >= 4 is 17.6 Å². The largest absolute Gasteiger partial charge is 0.469 e. The van der Waals surface area contributed by atoms with Crippen LogP contribution in [0.25, 0.3) is 0 Å². The quantitative estimate of drug-likeness (QED) is 0.812. The molecule has 1 aromatic carbocycles. The Morgan fingerprint density at radius 2 is 2.33 bits per heavy atom. The fraction of sp³-hybridized carbons (Fsp3) is 0.300. The minimum absolute atomic E-state index is 0.0867. The van der Waals surface area contributed by atoms with Gasteiger partial charge in [0.1, 0.15) is 5.82 Å². The molecule has 5 heteroatoms. The molecule has 0 radical (unpaired) electrons. The highest BCUT2D eigenvalue weighted by Gasteiger charge is 2.14. The first kappa shape index (κ1) is 11.9. The topological polar surface area (TPSA) is 46.5 Å². The van der Waals surface area contributed by atoms with E-state index in [0.717, 1.165) is 6.07 Å². The maximum atomic E-state index is 12.8. The lowest BCUT2D eigenvalue weighted by molar-refractivity contribution is -0.142. The molecule has 0 saturated carbocycles. The van der Waals surface area contributed by atoms with E-state index in [1.54, 1.807) is 0 Å². The van der Waals surface area contributed by atoms with Gasteiger partial charge in [-0.25, -0.2) is 4.39 Å². The number of ether oxygens (including phenoxy) is 1. The lowest BCUT2D eigenvalue weighted by Crippen LogP contribution is -2.08. The number of aliphatic hydroxyl groups is 1. The number of carbonyl (C=O) groups excluding carboxylic acids is 1. The van der Waals surface area contributed by atoms with Crippen molar-refractivity contribution in [1.82, 2.24) is 0 Å². The average Bonchev–Trinajstić information content (AvgIpc) is 2.21. The third-order valence-corrected chi connectivity index (χ3v) is 2.21. The monoisotopic (exact) mass is 232 g/mol. The minimum atomic E-state index is -1.03. The smallest absolute Gasteiger partial charge is 0.308 e. The Bertz CT molecular complexity index is 368. The number of hydrogen-bond donors (Lipinski definition) is 1. The van der Waals surface area contributed by atoms with E-state index in [1.165, 1.54) is 19.2 Å². The zero-order valence-electron chi connectivity index (χ0n) is 8.04. The van der Waals surface area contributed by atoms with Gasteiger partial charge in [0, 0.05) is 0 Å². The van der Waals surface area contributed by atoms with Crippen molar-refractivity contribution in [3.63, 3.8) is 0 Å². The van der Waals surface area contributed by atoms with Gasteiger partial charge in [-0.2, -0.15) is 0 Å². The second-order valence-corrected chi connectivity index (χ2v) is 3.38. The molecule has 0 bridgehead atoms. The highest BCUT2D eigenvalue weighted by Crippen LogP contribution is 2.22. The van der Waals surface area contributed by atoms with Gasteiger partial charge in [-0.15, -0.1) is 0 Å². The van der Waals surface area contributed by atoms with Crippen molar-refractivity contribution in [3.8, 4) is 0 Å². The maximum Gasteiger partial charge on any atom is 0.308 e. The second-order valence-electron chi connectivity index (χ2n) is 2.97. The van der Waals surface area contributed by atoms with Crippen molar-refractivity contribution < 1.29 is 19.0 Å². The van der Waals surface area contributed by atoms with Gasteiger partial charge in [0.05, 0.1) is 24.7 Å². The zero-order chi connectivity index (χ0) is 11.4. The molecule has 82 valence electrons. The van der Waals surface area contributed by atoms with E-state index in [0.29, 0.717) is 5.56 Å². The van der Waals surface area contributed by atoms with Gasteiger partial charge in [0.2, 0.25) is 0 Å². The van der Waals surface area contributed by atoms with Crippen molar-refractivity contribution in [3.05, 3.63) is 34.6 Å². The molecule has 1 aromatic rings. The fourth-order valence-electron chi connectivity index (χ4n) is 1.08. The lowest BCUT2D eigenvalue weighted by atomic mass is 10.1. The summed E-state index contributed by atoms with van der Waals surface area (Å²) in [5, 5.41) is 9.47. The summed E-state index contributed by atoms with van der Waals surface area (Å²) in [6.07, 6.45) is -1.21. The van der Waals surface area contributed by atoms with E-state index in [2.05, 4.69) is 4.74 Å². The number of benzene rings is 1. The molecule has 0 aliphatic heterocycles. The van der Waals surface area contributed by atoms with Crippen molar-refractivity contribution in [2.75, 3.05) is 7.11 Å². The SMILES string of the molecule is COC(=O)C[C@H](O)c1ccc(F)c(Cl)c1. The number of methoxy groups -OCH3 is 1. The normalized spacial score (nSPS) is 12.3. The van der Waals surface area contributed by atoms with Gasteiger partial charge in [-0.3, -0.25) is 4.79 Å². The van der Waals surface area contributed by atoms with Crippen LogP contribution in [0.5, 0.6) is 0 Å². The van der Waals surface area contributed by atoms with Gasteiger partial charge in [-0.1, -0.05) is 17.7 Å². The number of hydrogen-bond acceptors (Lipinski definition) is 3. The third-order valence-electron chi connectivity index (χ3n) is 1.92. The summed E-state index contributed by atoms with van der Waals surface area (Å²) < 4.78 is 17.2. The Morgan fingerprint density at radius 1 is 1.67 bits per heavy atom. The van der Waals surface area contributed by atoms with Crippen LogP contribution in [0.3, 0.4) is 0 Å². The molecule has 0 spiro atoms. The molecule has 1 atom stereocenters. The predicted octanol–water partition coefficient (Wildman–Crippen LogP) is 2.08. The fourth-order valence-corrected chi connectivity index (χ4v) is 1.27. The number of halogens is 2. The van der Waals surface area contributed by atoms with E-state index >= 15 is 0 Å². The van der Waals surface area contributed by atoms with Crippen molar-refractivity contribution in [2.24, 2.45) is 0 Å². The summed E-state index contributed by atoms with van der Waals surface area (Å²) in [5.74, 6) is -1.10. The minimum Gasteiger partial charge on any atom is -0.469 e. The Labute approximate surface area is 91.4 Å².